The molecule has 3 unspecified atom stereocenters. The lowest BCUT2D eigenvalue weighted by atomic mass is 9.85. The van der Waals surface area contributed by atoms with Gasteiger partial charge in [-0.1, -0.05) is 18.6 Å². The van der Waals surface area contributed by atoms with Gasteiger partial charge in [0, 0.05) is 24.2 Å². The van der Waals surface area contributed by atoms with Crippen molar-refractivity contribution in [2.45, 2.75) is 57.2 Å². The zero-order valence-electron chi connectivity index (χ0n) is 14.6. The highest BCUT2D eigenvalue weighted by Gasteiger charge is 2.29. The van der Waals surface area contributed by atoms with Gasteiger partial charge in [-0.25, -0.2) is 0 Å². The first kappa shape index (κ1) is 17.9. The van der Waals surface area contributed by atoms with Gasteiger partial charge in [0.05, 0.1) is 6.04 Å². The van der Waals surface area contributed by atoms with Gasteiger partial charge in [0.15, 0.2) is 0 Å². The number of hydrogen-bond acceptors (Lipinski definition) is 4. The highest BCUT2D eigenvalue weighted by Crippen LogP contribution is 2.25. The predicted octanol–water partition coefficient (Wildman–Crippen LogP) is 1.59. The maximum atomic E-state index is 12.5. The quantitative estimate of drug-likeness (QED) is 0.755. The monoisotopic (exact) mass is 344 g/mol. The number of carbonyl (C=O) groups excluding carboxylic acids is 2. The number of benzene rings is 1. The first-order valence-corrected chi connectivity index (χ1v) is 9.21. The fourth-order valence-corrected chi connectivity index (χ4v) is 4.03. The summed E-state index contributed by atoms with van der Waals surface area (Å²) in [7, 11) is 0. The van der Waals surface area contributed by atoms with Gasteiger partial charge < -0.3 is 16.8 Å². The topological polar surface area (TPSA) is 101 Å². The van der Waals surface area contributed by atoms with E-state index in [2.05, 4.69) is 10.2 Å². The van der Waals surface area contributed by atoms with Gasteiger partial charge >= 0.3 is 0 Å². The van der Waals surface area contributed by atoms with E-state index >= 15 is 0 Å². The Morgan fingerprint density at radius 3 is 2.80 bits per heavy atom. The molecule has 136 valence electrons. The Labute approximate surface area is 148 Å². The lowest BCUT2D eigenvalue weighted by Crippen LogP contribution is -2.39. The van der Waals surface area contributed by atoms with Crippen LogP contribution in [-0.4, -0.2) is 35.3 Å². The molecule has 6 nitrogen and oxygen atoms in total. The van der Waals surface area contributed by atoms with Gasteiger partial charge in [-0.2, -0.15) is 0 Å². The molecule has 3 rings (SSSR count). The summed E-state index contributed by atoms with van der Waals surface area (Å²) in [5.74, 6) is -0.190. The van der Waals surface area contributed by atoms with Crippen LogP contribution in [0.1, 0.15) is 44.1 Å². The van der Waals surface area contributed by atoms with E-state index in [4.69, 9.17) is 11.5 Å². The number of amides is 2. The number of rotatable bonds is 5. The Balaban J connectivity index is 1.61. The van der Waals surface area contributed by atoms with Crippen LogP contribution in [0.2, 0.25) is 0 Å². The Bertz CT molecular complexity index is 634. The average Bonchev–Trinajstić information content (AvgIpc) is 3.03. The van der Waals surface area contributed by atoms with Crippen LogP contribution in [0.5, 0.6) is 0 Å². The second-order valence-corrected chi connectivity index (χ2v) is 7.34. The molecule has 5 N–H and O–H groups in total. The molecular weight excluding hydrogens is 316 g/mol. The molecule has 1 aliphatic heterocycles. The molecule has 1 aromatic rings. The summed E-state index contributed by atoms with van der Waals surface area (Å²) in [6.45, 7) is 1.55. The van der Waals surface area contributed by atoms with Crippen molar-refractivity contribution in [3.05, 3.63) is 29.8 Å². The van der Waals surface area contributed by atoms with Gasteiger partial charge in [-0.05, 0) is 56.3 Å². The molecule has 25 heavy (non-hydrogen) atoms. The molecule has 2 fully saturated rings. The summed E-state index contributed by atoms with van der Waals surface area (Å²) in [6, 6.07) is 7.80. The van der Waals surface area contributed by atoms with Gasteiger partial charge in [-0.3, -0.25) is 14.5 Å². The van der Waals surface area contributed by atoms with Crippen molar-refractivity contribution in [2.75, 3.05) is 11.9 Å². The molecule has 6 heteroatoms. The summed E-state index contributed by atoms with van der Waals surface area (Å²) in [4.78, 5) is 26.1. The van der Waals surface area contributed by atoms with Crippen LogP contribution in [0.15, 0.2) is 24.3 Å². The van der Waals surface area contributed by atoms with Crippen LogP contribution in [0.3, 0.4) is 0 Å². The number of nitrogens with zero attached hydrogens (tertiary/aromatic N) is 1. The molecule has 1 saturated carbocycles. The fourth-order valence-electron chi connectivity index (χ4n) is 4.03. The second kappa shape index (κ2) is 7.97. The number of likely N-dealkylation sites (tertiary alicyclic amines) is 1. The van der Waals surface area contributed by atoms with E-state index in [1.165, 1.54) is 0 Å². The molecule has 1 saturated heterocycles. The zero-order chi connectivity index (χ0) is 17.8. The average molecular weight is 344 g/mol. The van der Waals surface area contributed by atoms with Crippen LogP contribution < -0.4 is 16.8 Å². The van der Waals surface area contributed by atoms with E-state index < -0.39 is 0 Å². The summed E-state index contributed by atoms with van der Waals surface area (Å²) in [6.07, 6.45) is 5.52. The van der Waals surface area contributed by atoms with E-state index in [9.17, 15) is 9.59 Å². The number of nitrogens with one attached hydrogen (secondary N) is 1. The minimum atomic E-state index is -0.254. The molecular formula is C19H28N4O2. The fraction of sp³-hybridized carbons (Fsp3) is 0.579. The Morgan fingerprint density at radius 1 is 1.20 bits per heavy atom. The van der Waals surface area contributed by atoms with Gasteiger partial charge in [-0.15, -0.1) is 0 Å². The Kier molecular flexibility index (Phi) is 5.71. The van der Waals surface area contributed by atoms with Crippen molar-refractivity contribution < 1.29 is 9.59 Å². The van der Waals surface area contributed by atoms with Gasteiger partial charge in [0.2, 0.25) is 11.8 Å². The second-order valence-electron chi connectivity index (χ2n) is 7.34. The Morgan fingerprint density at radius 2 is 2.04 bits per heavy atom. The van der Waals surface area contributed by atoms with E-state index in [-0.39, 0.29) is 29.8 Å². The SMILES string of the molecule is NC(=O)C1CCCN1Cc1cccc(NC(=O)C2CCCC(N)C2)c1. The van der Waals surface area contributed by atoms with Crippen molar-refractivity contribution in [2.24, 2.45) is 17.4 Å². The third kappa shape index (κ3) is 4.58. The van der Waals surface area contributed by atoms with Crippen LogP contribution in [0.25, 0.3) is 0 Å². The first-order valence-electron chi connectivity index (χ1n) is 9.21. The number of anilines is 1. The van der Waals surface area contributed by atoms with Crippen molar-refractivity contribution in [3.8, 4) is 0 Å². The summed E-state index contributed by atoms with van der Waals surface area (Å²) >= 11 is 0. The molecule has 1 heterocycles. The molecule has 0 bridgehead atoms. The van der Waals surface area contributed by atoms with Crippen molar-refractivity contribution in [3.63, 3.8) is 0 Å². The number of nitrogens with two attached hydrogens (primary N) is 2. The maximum Gasteiger partial charge on any atom is 0.234 e. The maximum absolute atomic E-state index is 12.5. The molecule has 1 aromatic carbocycles. The molecule has 2 aliphatic rings. The number of hydrogen-bond donors (Lipinski definition) is 3. The lowest BCUT2D eigenvalue weighted by molar-refractivity contribution is -0.122. The van der Waals surface area contributed by atoms with E-state index in [1.54, 1.807) is 0 Å². The standard InChI is InChI=1S/C19H28N4O2/c20-15-6-2-5-14(11-15)19(25)22-16-7-1-4-13(10-16)12-23-9-3-8-17(23)18(21)24/h1,4,7,10,14-15,17H,2-3,5-6,8-9,11-12,20H2,(H2,21,24)(H,22,25). The smallest absolute Gasteiger partial charge is 0.234 e. The largest absolute Gasteiger partial charge is 0.368 e. The summed E-state index contributed by atoms with van der Waals surface area (Å²) in [5, 5.41) is 3.03. The van der Waals surface area contributed by atoms with Crippen molar-refractivity contribution in [1.82, 2.24) is 4.90 Å². The highest BCUT2D eigenvalue weighted by atomic mass is 16.2. The normalized spacial score (nSPS) is 27.2. The molecule has 0 spiro atoms. The van der Waals surface area contributed by atoms with Crippen LogP contribution in [-0.2, 0) is 16.1 Å². The third-order valence-electron chi connectivity index (χ3n) is 5.36. The molecule has 0 radical (unpaired) electrons. The lowest BCUT2D eigenvalue weighted by Gasteiger charge is -2.26. The predicted molar refractivity (Wildman–Crippen MR) is 97.6 cm³/mol. The van der Waals surface area contributed by atoms with E-state index in [0.29, 0.717) is 6.54 Å². The molecule has 0 aromatic heterocycles. The van der Waals surface area contributed by atoms with Gasteiger partial charge in [0.1, 0.15) is 0 Å². The van der Waals surface area contributed by atoms with Crippen molar-refractivity contribution >= 4 is 17.5 Å². The van der Waals surface area contributed by atoms with Gasteiger partial charge in [0.25, 0.3) is 0 Å². The van der Waals surface area contributed by atoms with Crippen LogP contribution in [0, 0.1) is 5.92 Å². The molecule has 1 aliphatic carbocycles. The van der Waals surface area contributed by atoms with Crippen LogP contribution >= 0.6 is 0 Å². The minimum Gasteiger partial charge on any atom is -0.368 e. The highest BCUT2D eigenvalue weighted by molar-refractivity contribution is 5.92. The summed E-state index contributed by atoms with van der Waals surface area (Å²) < 4.78 is 0. The number of carbonyl (C=O) groups is 2. The summed E-state index contributed by atoms with van der Waals surface area (Å²) in [5.41, 5.74) is 13.3. The van der Waals surface area contributed by atoms with E-state index in [0.717, 1.165) is 56.3 Å². The Hall–Kier alpha value is -1.92. The zero-order valence-corrected chi connectivity index (χ0v) is 14.6. The minimum absolute atomic E-state index is 0.00484. The third-order valence-corrected chi connectivity index (χ3v) is 5.36. The number of primary amides is 1. The van der Waals surface area contributed by atoms with Crippen LogP contribution in [0.4, 0.5) is 5.69 Å². The first-order chi connectivity index (χ1) is 12.0. The molecule has 2 amide bonds. The molecule has 3 atom stereocenters. The van der Waals surface area contributed by atoms with E-state index in [1.807, 2.05) is 24.3 Å². The van der Waals surface area contributed by atoms with Crippen molar-refractivity contribution in [1.29, 1.82) is 0 Å².